The van der Waals surface area contributed by atoms with Crippen molar-refractivity contribution in [3.8, 4) is 0 Å². The number of para-hydroxylation sites is 1. The van der Waals surface area contributed by atoms with Gasteiger partial charge in [0, 0.05) is 53.8 Å². The average Bonchev–Trinajstić information content (AvgIpc) is 3.30. The van der Waals surface area contributed by atoms with Crippen molar-refractivity contribution in [3.63, 3.8) is 0 Å². The Morgan fingerprint density at radius 1 is 1.21 bits per heavy atom. The van der Waals surface area contributed by atoms with E-state index in [1.165, 1.54) is 26.7 Å². The first-order valence-electron chi connectivity index (χ1n) is 9.49. The number of hydrogen-bond donors (Lipinski definition) is 3. The molecule has 0 amide bonds. The van der Waals surface area contributed by atoms with Gasteiger partial charge < -0.3 is 14.7 Å². The predicted molar refractivity (Wildman–Crippen MR) is 118 cm³/mol. The molecule has 0 aliphatic rings. The van der Waals surface area contributed by atoms with Gasteiger partial charge in [-0.05, 0) is 54.2 Å². The second-order valence-electron chi connectivity index (χ2n) is 7.11. The van der Waals surface area contributed by atoms with E-state index in [9.17, 15) is 5.11 Å². The number of aromatic nitrogens is 2. The Bertz CT molecular complexity index is 1070. The van der Waals surface area contributed by atoms with E-state index in [1.807, 2.05) is 6.20 Å². The van der Waals surface area contributed by atoms with Crippen molar-refractivity contribution in [3.05, 3.63) is 66.5 Å². The van der Waals surface area contributed by atoms with Gasteiger partial charge in [0.25, 0.3) is 0 Å². The highest BCUT2D eigenvalue weighted by molar-refractivity contribution is 7.97. The summed E-state index contributed by atoms with van der Waals surface area (Å²) in [5.74, 6) is 0. The van der Waals surface area contributed by atoms with Gasteiger partial charge in [0.05, 0.1) is 12.6 Å². The van der Waals surface area contributed by atoms with Gasteiger partial charge in [0.2, 0.25) is 0 Å². The van der Waals surface area contributed by atoms with Crippen LogP contribution >= 0.6 is 11.9 Å². The second kappa shape index (κ2) is 8.41. The largest absolute Gasteiger partial charge is 0.395 e. The van der Waals surface area contributed by atoms with E-state index in [0.29, 0.717) is 6.54 Å². The number of H-pyrrole nitrogens is 1. The molecule has 0 radical (unpaired) electrons. The fourth-order valence-corrected chi connectivity index (χ4v) is 4.47. The van der Waals surface area contributed by atoms with Crippen LogP contribution < -0.4 is 4.72 Å². The topological polar surface area (TPSA) is 56.2 Å². The van der Waals surface area contributed by atoms with Crippen LogP contribution in [0, 0.1) is 0 Å². The van der Waals surface area contributed by atoms with Gasteiger partial charge in [-0.2, -0.15) is 0 Å². The van der Waals surface area contributed by atoms with Crippen LogP contribution in [0.15, 0.2) is 65.8 Å². The number of nitrogens with zero attached hydrogens (tertiary/aromatic N) is 2. The molecule has 146 valence electrons. The Morgan fingerprint density at radius 3 is 2.93 bits per heavy atom. The van der Waals surface area contributed by atoms with E-state index < -0.39 is 0 Å². The molecule has 0 saturated carbocycles. The Balaban J connectivity index is 1.54. The highest BCUT2D eigenvalue weighted by atomic mass is 32.2. The summed E-state index contributed by atoms with van der Waals surface area (Å²) in [5, 5.41) is 11.9. The molecule has 4 rings (SSSR count). The summed E-state index contributed by atoms with van der Waals surface area (Å²) in [6, 6.07) is 17.2. The molecule has 0 aliphatic carbocycles. The summed E-state index contributed by atoms with van der Waals surface area (Å²) in [6.07, 6.45) is 4.17. The number of likely N-dealkylation sites (N-methyl/N-ethyl adjacent to an activating group) is 1. The maximum atomic E-state index is 9.46. The van der Waals surface area contributed by atoms with Crippen LogP contribution in [0.4, 0.5) is 0 Å². The summed E-state index contributed by atoms with van der Waals surface area (Å²) in [6.45, 7) is 1.56. The molecule has 6 heteroatoms. The molecule has 0 aliphatic heterocycles. The van der Waals surface area contributed by atoms with E-state index in [-0.39, 0.29) is 12.6 Å². The quantitative estimate of drug-likeness (QED) is 0.397. The zero-order valence-corrected chi connectivity index (χ0v) is 17.0. The minimum absolute atomic E-state index is 0.147. The molecule has 3 N–H and O–H groups in total. The number of aryl methyl sites for hydroxylation is 1. The van der Waals surface area contributed by atoms with E-state index in [4.69, 9.17) is 0 Å². The molecule has 0 bridgehead atoms. The zero-order valence-electron chi connectivity index (χ0n) is 16.2. The third kappa shape index (κ3) is 3.82. The molecular weight excluding hydrogens is 368 g/mol. The molecule has 1 atom stereocenters. The third-order valence-electron chi connectivity index (χ3n) is 5.26. The van der Waals surface area contributed by atoms with Crippen molar-refractivity contribution in [2.45, 2.75) is 10.9 Å². The van der Waals surface area contributed by atoms with Crippen molar-refractivity contribution in [1.29, 1.82) is 0 Å². The molecule has 0 saturated heterocycles. The van der Waals surface area contributed by atoms with E-state index in [2.05, 4.69) is 88.0 Å². The Morgan fingerprint density at radius 2 is 2.07 bits per heavy atom. The lowest BCUT2D eigenvalue weighted by molar-refractivity contribution is 0.182. The molecule has 5 nitrogen and oxygen atoms in total. The minimum Gasteiger partial charge on any atom is -0.395 e. The Kier molecular flexibility index (Phi) is 5.73. The third-order valence-corrected chi connectivity index (χ3v) is 6.07. The number of aliphatic hydroxyl groups is 1. The standard InChI is InChI=1S/C22H26N4OS/c1-25(11-12-27)22(19-15-26(2)21-6-4-3-5-18(19)21)14-24-28-17-8-7-16-9-10-23-20(16)13-17/h3-10,13,15,22-24,27H,11-12,14H2,1-2H3. The van der Waals surface area contributed by atoms with Gasteiger partial charge >= 0.3 is 0 Å². The van der Waals surface area contributed by atoms with Crippen molar-refractivity contribution in [1.82, 2.24) is 19.2 Å². The maximum absolute atomic E-state index is 9.46. The summed E-state index contributed by atoms with van der Waals surface area (Å²) in [4.78, 5) is 6.65. The van der Waals surface area contributed by atoms with Crippen LogP contribution in [0.5, 0.6) is 0 Å². The number of hydrogen-bond acceptors (Lipinski definition) is 4. The highest BCUT2D eigenvalue weighted by Gasteiger charge is 2.21. The van der Waals surface area contributed by atoms with Crippen LogP contribution in [0.2, 0.25) is 0 Å². The van der Waals surface area contributed by atoms with Crippen molar-refractivity contribution in [2.24, 2.45) is 7.05 Å². The number of aromatic amines is 1. The number of rotatable bonds is 8. The van der Waals surface area contributed by atoms with Crippen LogP contribution in [0.1, 0.15) is 11.6 Å². The van der Waals surface area contributed by atoms with E-state index >= 15 is 0 Å². The van der Waals surface area contributed by atoms with Crippen molar-refractivity contribution < 1.29 is 5.11 Å². The number of aliphatic hydroxyl groups excluding tert-OH is 1. The lowest BCUT2D eigenvalue weighted by atomic mass is 10.0. The molecule has 4 aromatic rings. The smallest absolute Gasteiger partial charge is 0.0558 e. The van der Waals surface area contributed by atoms with Gasteiger partial charge in [-0.25, -0.2) is 0 Å². The first kappa shape index (κ1) is 19.1. The molecule has 2 heterocycles. The first-order valence-corrected chi connectivity index (χ1v) is 10.3. The van der Waals surface area contributed by atoms with Gasteiger partial charge in [0.1, 0.15) is 0 Å². The predicted octanol–water partition coefficient (Wildman–Crippen LogP) is 3.92. The van der Waals surface area contributed by atoms with Gasteiger partial charge in [-0.15, -0.1) is 0 Å². The molecule has 1 unspecified atom stereocenters. The van der Waals surface area contributed by atoms with Crippen molar-refractivity contribution in [2.75, 3.05) is 26.7 Å². The summed E-state index contributed by atoms with van der Waals surface area (Å²) in [7, 11) is 4.16. The van der Waals surface area contributed by atoms with Crippen LogP contribution in [0.25, 0.3) is 21.8 Å². The van der Waals surface area contributed by atoms with Crippen molar-refractivity contribution >= 4 is 33.8 Å². The fourth-order valence-electron chi connectivity index (χ4n) is 3.75. The minimum atomic E-state index is 0.147. The molecule has 2 aromatic heterocycles. The van der Waals surface area contributed by atoms with Gasteiger partial charge in [-0.1, -0.05) is 24.3 Å². The number of benzene rings is 2. The van der Waals surface area contributed by atoms with Gasteiger partial charge in [0.15, 0.2) is 0 Å². The highest BCUT2D eigenvalue weighted by Crippen LogP contribution is 2.30. The average molecular weight is 395 g/mol. The SMILES string of the molecule is CN(CCO)C(CNSc1ccc2cc[nH]c2c1)c1cn(C)c2ccccc12. The molecular formula is C22H26N4OS. The summed E-state index contributed by atoms with van der Waals surface area (Å²) < 4.78 is 5.72. The Labute approximate surface area is 169 Å². The fraction of sp³-hybridized carbons (Fsp3) is 0.273. The Hall–Kier alpha value is -2.25. The van der Waals surface area contributed by atoms with Crippen LogP contribution in [-0.4, -0.2) is 46.3 Å². The molecule has 28 heavy (non-hydrogen) atoms. The maximum Gasteiger partial charge on any atom is 0.0558 e. The lowest BCUT2D eigenvalue weighted by Crippen LogP contribution is -2.33. The monoisotopic (exact) mass is 394 g/mol. The van der Waals surface area contributed by atoms with Crippen LogP contribution in [-0.2, 0) is 7.05 Å². The van der Waals surface area contributed by atoms with Crippen LogP contribution in [0.3, 0.4) is 0 Å². The second-order valence-corrected chi connectivity index (χ2v) is 8.07. The summed E-state index contributed by atoms with van der Waals surface area (Å²) >= 11 is 1.64. The first-order chi connectivity index (χ1) is 13.7. The zero-order chi connectivity index (χ0) is 19.5. The van der Waals surface area contributed by atoms with E-state index in [0.717, 1.165) is 12.1 Å². The molecule has 0 spiro atoms. The lowest BCUT2D eigenvalue weighted by Gasteiger charge is -2.27. The number of nitrogens with one attached hydrogen (secondary N) is 2. The molecule has 0 fully saturated rings. The normalized spacial score (nSPS) is 13.0. The van der Waals surface area contributed by atoms with Gasteiger partial charge in [-0.3, -0.25) is 9.62 Å². The number of fused-ring (bicyclic) bond motifs is 2. The molecule has 2 aromatic carbocycles. The summed E-state index contributed by atoms with van der Waals surface area (Å²) in [5.41, 5.74) is 3.65. The van der Waals surface area contributed by atoms with E-state index in [1.54, 1.807) is 11.9 Å².